The molecule has 1 amide bonds. The highest BCUT2D eigenvalue weighted by atomic mass is 79.9. The summed E-state index contributed by atoms with van der Waals surface area (Å²) in [6.07, 6.45) is 0. The van der Waals surface area contributed by atoms with Gasteiger partial charge in [0.2, 0.25) is 0 Å². The standard InChI is InChI=1S/C20H18BrNO4/c1-10(2)12-7-8-13-16(9-12)26-20(25)14-5-4-6-15(21)17(14)18(24)19(13,20)22-11(3)23/h4-10,25H,1-3H3,(H,22,23)/p+3. The van der Waals surface area contributed by atoms with Crippen LogP contribution in [0.15, 0.2) is 40.9 Å². The van der Waals surface area contributed by atoms with Gasteiger partial charge in [-0.25, -0.2) is 4.79 Å². The average molecular weight is 419 g/mol. The van der Waals surface area contributed by atoms with E-state index in [1.807, 2.05) is 18.2 Å². The minimum absolute atomic E-state index is 0.0579. The molecule has 5 N–H and O–H groups in total. The van der Waals surface area contributed by atoms with Crippen molar-refractivity contribution in [2.24, 2.45) is 0 Å². The van der Waals surface area contributed by atoms with Crippen molar-refractivity contribution in [1.29, 1.82) is 0 Å². The second kappa shape index (κ2) is 5.49. The predicted octanol–water partition coefficient (Wildman–Crippen LogP) is 1.88. The Morgan fingerprint density at radius 2 is 2.00 bits per heavy atom. The van der Waals surface area contributed by atoms with E-state index in [4.69, 9.17) is 0 Å². The molecule has 0 spiro atoms. The van der Waals surface area contributed by atoms with Crippen LogP contribution in [0.25, 0.3) is 0 Å². The SMILES string of the molecule is CC(=O)[NH2+]C12C(=[OH+])c3c(Br)cccc3C1(O)[OH+]c1cc(C(C)C)ccc12. The quantitative estimate of drug-likeness (QED) is 0.729. The molecule has 2 aromatic carbocycles. The van der Waals surface area contributed by atoms with Crippen LogP contribution in [0.5, 0.6) is 5.75 Å². The number of hydrogen-bond acceptors (Lipinski definition) is 2. The summed E-state index contributed by atoms with van der Waals surface area (Å²) in [5.74, 6) is -1.14. The molecule has 1 aliphatic heterocycles. The molecule has 2 aromatic rings. The first-order valence-electron chi connectivity index (χ1n) is 8.54. The first-order chi connectivity index (χ1) is 12.2. The monoisotopic (exact) mass is 418 g/mol. The van der Waals surface area contributed by atoms with E-state index in [-0.39, 0.29) is 11.7 Å². The maximum absolute atomic E-state index is 12.1. The Balaban J connectivity index is 2.03. The number of ether oxygens (including phenoxy) is 1. The van der Waals surface area contributed by atoms with Crippen LogP contribution < -0.4 is 5.32 Å². The number of ketones is 1. The molecule has 1 heterocycles. The largest absolute Gasteiger partial charge is 0.549 e. The number of aromatic hydroxyl groups is 1. The summed E-state index contributed by atoms with van der Waals surface area (Å²) in [6.45, 7) is 5.58. The molecule has 6 heteroatoms. The Kier molecular flexibility index (Phi) is 3.67. The molecule has 1 aliphatic carbocycles. The van der Waals surface area contributed by atoms with Gasteiger partial charge < -0.3 is 9.84 Å². The van der Waals surface area contributed by atoms with Crippen molar-refractivity contribution in [2.75, 3.05) is 0 Å². The zero-order chi connectivity index (χ0) is 18.9. The molecule has 0 saturated carbocycles. The van der Waals surface area contributed by atoms with Gasteiger partial charge in [-0.15, -0.1) is 0 Å². The molecule has 0 fully saturated rings. The number of aliphatic hydroxyl groups is 2. The molecule has 26 heavy (non-hydrogen) atoms. The summed E-state index contributed by atoms with van der Waals surface area (Å²) in [5, 5.41) is 13.1. The van der Waals surface area contributed by atoms with E-state index in [1.165, 1.54) is 12.2 Å². The van der Waals surface area contributed by atoms with Gasteiger partial charge in [0.25, 0.3) is 5.75 Å². The molecule has 134 valence electrons. The van der Waals surface area contributed by atoms with Gasteiger partial charge in [-0.05, 0) is 45.6 Å². The number of primary amides is 1. The van der Waals surface area contributed by atoms with Crippen molar-refractivity contribution in [3.05, 3.63) is 63.1 Å². The number of carbonyl (C=O) groups excluding carboxylic acids is 2. The van der Waals surface area contributed by atoms with E-state index in [0.29, 0.717) is 32.8 Å². The van der Waals surface area contributed by atoms with Gasteiger partial charge in [0.05, 0.1) is 6.92 Å². The third-order valence-corrected chi connectivity index (χ3v) is 6.03. The third kappa shape index (κ3) is 1.98. The molecule has 2 unspecified atom stereocenters. The van der Waals surface area contributed by atoms with Gasteiger partial charge in [-0.1, -0.05) is 26.0 Å². The van der Waals surface area contributed by atoms with Crippen LogP contribution in [0.3, 0.4) is 0 Å². The number of nitrogens with two attached hydrogens (primary N) is 1. The number of fused-ring (bicyclic) bond motifs is 5. The lowest BCUT2D eigenvalue weighted by molar-refractivity contribution is -0.671. The van der Waals surface area contributed by atoms with Crippen molar-refractivity contribution in [2.45, 2.75) is 38.0 Å². The zero-order valence-electron chi connectivity index (χ0n) is 14.7. The highest BCUT2D eigenvalue weighted by Crippen LogP contribution is 2.57. The minimum atomic E-state index is -1.75. The maximum atomic E-state index is 12.1. The lowest BCUT2D eigenvalue weighted by Crippen LogP contribution is -3.01. The second-order valence-corrected chi connectivity index (χ2v) is 8.14. The molecule has 0 bridgehead atoms. The van der Waals surface area contributed by atoms with Gasteiger partial charge in [-0.2, -0.15) is 0 Å². The van der Waals surface area contributed by atoms with E-state index in [2.05, 4.69) is 34.5 Å². The molecule has 0 radical (unpaired) electrons. The van der Waals surface area contributed by atoms with Gasteiger partial charge in [0.1, 0.15) is 16.7 Å². The molecular weight excluding hydrogens is 398 g/mol. The van der Waals surface area contributed by atoms with Gasteiger partial charge >= 0.3 is 23.0 Å². The minimum Gasteiger partial charge on any atom is -0.549 e. The summed E-state index contributed by atoms with van der Waals surface area (Å²) >= 11 is 3.45. The van der Waals surface area contributed by atoms with Crippen LogP contribution in [0.4, 0.5) is 0 Å². The van der Waals surface area contributed by atoms with Crippen LogP contribution in [0.2, 0.25) is 0 Å². The highest BCUT2D eigenvalue weighted by molar-refractivity contribution is 9.10. The summed E-state index contributed by atoms with van der Waals surface area (Å²) < 4.78 is 5.27. The van der Waals surface area contributed by atoms with Crippen LogP contribution in [0, 0.1) is 0 Å². The maximum Gasteiger partial charge on any atom is 0.408 e. The summed E-state index contributed by atoms with van der Waals surface area (Å²) in [4.78, 5) is 23.3. The van der Waals surface area contributed by atoms with Crippen LogP contribution >= 0.6 is 15.9 Å². The van der Waals surface area contributed by atoms with E-state index in [9.17, 15) is 14.7 Å². The number of amides is 1. The van der Waals surface area contributed by atoms with Crippen molar-refractivity contribution >= 4 is 27.6 Å². The molecule has 0 saturated heterocycles. The molecular formula is C20H21BrNO4+3. The Morgan fingerprint density at radius 3 is 2.65 bits per heavy atom. The smallest absolute Gasteiger partial charge is 0.408 e. The number of carbonyl (C=O) groups is 1. The molecule has 0 aromatic heterocycles. The molecule has 2 aliphatic rings. The topological polar surface area (TPSA) is 88.1 Å². The summed E-state index contributed by atoms with van der Waals surface area (Å²) in [7, 11) is 0. The Bertz CT molecular complexity index is 970. The number of benzene rings is 2. The van der Waals surface area contributed by atoms with Crippen molar-refractivity contribution < 1.29 is 24.7 Å². The van der Waals surface area contributed by atoms with E-state index >= 15 is 0 Å². The highest BCUT2D eigenvalue weighted by Gasteiger charge is 2.83. The predicted molar refractivity (Wildman–Crippen MR) is 101 cm³/mol. The van der Waals surface area contributed by atoms with E-state index < -0.39 is 11.3 Å². The van der Waals surface area contributed by atoms with E-state index in [0.717, 1.165) is 5.56 Å². The summed E-state index contributed by atoms with van der Waals surface area (Å²) in [5.41, 5.74) is 1.30. The molecule has 5 nitrogen and oxygen atoms in total. The van der Waals surface area contributed by atoms with Crippen LogP contribution in [-0.2, 0) is 16.1 Å². The van der Waals surface area contributed by atoms with E-state index in [1.54, 1.807) is 18.2 Å². The van der Waals surface area contributed by atoms with Crippen LogP contribution in [0.1, 0.15) is 48.9 Å². The second-order valence-electron chi connectivity index (χ2n) is 7.29. The lowest BCUT2D eigenvalue weighted by Gasteiger charge is -2.24. The third-order valence-electron chi connectivity index (χ3n) is 5.36. The number of halogens is 1. The van der Waals surface area contributed by atoms with Gasteiger partial charge in [-0.3, -0.25) is 10.1 Å². The van der Waals surface area contributed by atoms with Crippen molar-refractivity contribution in [3.63, 3.8) is 0 Å². The summed E-state index contributed by atoms with van der Waals surface area (Å²) in [6, 6.07) is 11.1. The van der Waals surface area contributed by atoms with Gasteiger partial charge in [0.15, 0.2) is 0 Å². The normalized spacial score (nSPS) is 25.7. The number of rotatable bonds is 2. The Hall–Kier alpha value is -2.02. The fourth-order valence-corrected chi connectivity index (χ4v) is 4.71. The lowest BCUT2D eigenvalue weighted by atomic mass is 9.82. The first kappa shape index (κ1) is 17.4. The number of quaternary nitrogens is 1. The number of hydrogen-bond donors (Lipinski definition) is 2. The first-order valence-corrected chi connectivity index (χ1v) is 9.33. The zero-order valence-corrected chi connectivity index (χ0v) is 16.3. The average Bonchev–Trinajstić information content (AvgIpc) is 2.92. The Morgan fingerprint density at radius 1 is 1.27 bits per heavy atom. The van der Waals surface area contributed by atoms with Crippen molar-refractivity contribution in [3.8, 4) is 5.75 Å². The van der Waals surface area contributed by atoms with Gasteiger partial charge in [0, 0.05) is 10.5 Å². The van der Waals surface area contributed by atoms with Crippen LogP contribution in [-0.4, -0.2) is 26.3 Å². The Labute approximate surface area is 159 Å². The molecule has 2 atom stereocenters. The fraction of sp³-hybridized carbons (Fsp3) is 0.300. The molecule has 4 rings (SSSR count). The fourth-order valence-electron chi connectivity index (χ4n) is 4.15. The van der Waals surface area contributed by atoms with Crippen molar-refractivity contribution in [1.82, 2.24) is 0 Å².